The van der Waals surface area contributed by atoms with E-state index in [9.17, 15) is 0 Å². The van der Waals surface area contributed by atoms with E-state index in [-0.39, 0.29) is 0 Å². The molecule has 0 aliphatic heterocycles. The summed E-state index contributed by atoms with van der Waals surface area (Å²) in [5, 5.41) is 5.06. The maximum Gasteiger partial charge on any atom is 0.0540 e. The van der Waals surface area contributed by atoms with Crippen LogP contribution in [0.4, 0.5) is 17.1 Å². The highest BCUT2D eigenvalue weighted by Crippen LogP contribution is 2.47. The third-order valence-corrected chi connectivity index (χ3v) is 12.3. The molecule has 0 aliphatic rings. The van der Waals surface area contributed by atoms with Gasteiger partial charge in [0.15, 0.2) is 0 Å². The first-order valence-corrected chi connectivity index (χ1v) is 21.7. The molecule has 0 aliphatic carbocycles. The number of benzene rings is 11. The van der Waals surface area contributed by atoms with Crippen LogP contribution in [0.5, 0.6) is 0 Å². The maximum absolute atomic E-state index is 2.45. The maximum atomic E-state index is 2.45. The zero-order chi connectivity index (χ0) is 42.0. The van der Waals surface area contributed by atoms with Crippen LogP contribution in [0.25, 0.3) is 88.3 Å². The fourth-order valence-corrected chi connectivity index (χ4v) is 9.23. The lowest BCUT2D eigenvalue weighted by atomic mass is 9.88. The molecule has 0 saturated heterocycles. The number of anilines is 3. The fraction of sp³-hybridized carbons (Fsp3) is 0. The van der Waals surface area contributed by atoms with Crippen LogP contribution in [0.2, 0.25) is 0 Å². The first-order valence-electron chi connectivity index (χ1n) is 21.7. The van der Waals surface area contributed by atoms with Gasteiger partial charge >= 0.3 is 0 Å². The van der Waals surface area contributed by atoms with Crippen molar-refractivity contribution in [1.82, 2.24) is 0 Å². The second-order valence-electron chi connectivity index (χ2n) is 16.0. The number of hydrogen-bond acceptors (Lipinski definition) is 1. The van der Waals surface area contributed by atoms with E-state index in [1.807, 2.05) is 0 Å². The van der Waals surface area contributed by atoms with Crippen LogP contribution in [0, 0.1) is 0 Å². The molecule has 0 heterocycles. The van der Waals surface area contributed by atoms with Crippen molar-refractivity contribution in [2.24, 2.45) is 0 Å². The lowest BCUT2D eigenvalue weighted by molar-refractivity contribution is 1.28. The highest BCUT2D eigenvalue weighted by molar-refractivity contribution is 6.08. The molecule has 0 N–H and O–H groups in total. The van der Waals surface area contributed by atoms with Gasteiger partial charge in [0.2, 0.25) is 0 Å². The van der Waals surface area contributed by atoms with Gasteiger partial charge in [-0.2, -0.15) is 0 Å². The number of nitrogens with zero attached hydrogens (tertiary/aromatic N) is 1. The van der Waals surface area contributed by atoms with Crippen LogP contribution in [0.15, 0.2) is 261 Å². The highest BCUT2D eigenvalue weighted by atomic mass is 15.1. The Morgan fingerprint density at radius 3 is 1.30 bits per heavy atom. The average Bonchev–Trinajstić information content (AvgIpc) is 3.37. The van der Waals surface area contributed by atoms with Gasteiger partial charge in [0, 0.05) is 16.8 Å². The normalized spacial score (nSPS) is 11.2. The zero-order valence-corrected chi connectivity index (χ0v) is 34.8. The van der Waals surface area contributed by atoms with E-state index in [2.05, 4.69) is 266 Å². The van der Waals surface area contributed by atoms with E-state index in [1.165, 1.54) is 71.6 Å². The summed E-state index contributed by atoms with van der Waals surface area (Å²) in [5.74, 6) is 0. The minimum Gasteiger partial charge on any atom is -0.309 e. The molecule has 0 amide bonds. The van der Waals surface area contributed by atoms with Crippen molar-refractivity contribution in [2.75, 3.05) is 4.90 Å². The van der Waals surface area contributed by atoms with Crippen molar-refractivity contribution >= 4 is 38.6 Å². The van der Waals surface area contributed by atoms with Crippen LogP contribution in [-0.4, -0.2) is 0 Å². The van der Waals surface area contributed by atoms with Gasteiger partial charge in [0.05, 0.1) is 11.4 Å². The predicted octanol–water partition coefficient (Wildman–Crippen LogP) is 17.5. The van der Waals surface area contributed by atoms with Gasteiger partial charge in [0.25, 0.3) is 0 Å². The SMILES string of the molecule is c1ccc(-c2ccc(-c3ccccc3N(c3ccc(-c4ccc5c(ccc6ccccc65)c4)cc3)c3ccccc3-c3ccccc3-c3ccccc3-c3ccccc3)cc2)cc1. The minimum atomic E-state index is 1.08. The summed E-state index contributed by atoms with van der Waals surface area (Å²) in [4.78, 5) is 2.45. The number of para-hydroxylation sites is 2. The molecule has 0 atom stereocenters. The summed E-state index contributed by atoms with van der Waals surface area (Å²) in [6, 6.07) is 94.7. The number of rotatable bonds is 9. The van der Waals surface area contributed by atoms with Gasteiger partial charge in [-0.05, 0) is 108 Å². The summed E-state index contributed by atoms with van der Waals surface area (Å²) >= 11 is 0. The summed E-state index contributed by atoms with van der Waals surface area (Å²) in [5.41, 5.74) is 17.5. The largest absolute Gasteiger partial charge is 0.309 e. The Hall–Kier alpha value is -8.26. The molecule has 11 aromatic rings. The molecular formula is C62H43N. The van der Waals surface area contributed by atoms with Crippen molar-refractivity contribution in [3.05, 3.63) is 261 Å². The summed E-state index contributed by atoms with van der Waals surface area (Å²) in [7, 11) is 0. The molecule has 63 heavy (non-hydrogen) atoms. The van der Waals surface area contributed by atoms with Gasteiger partial charge in [0.1, 0.15) is 0 Å². The van der Waals surface area contributed by atoms with Crippen molar-refractivity contribution in [2.45, 2.75) is 0 Å². The lowest BCUT2D eigenvalue weighted by Crippen LogP contribution is -2.12. The minimum absolute atomic E-state index is 1.08. The van der Waals surface area contributed by atoms with E-state index in [1.54, 1.807) is 0 Å². The van der Waals surface area contributed by atoms with Gasteiger partial charge in [-0.15, -0.1) is 0 Å². The molecule has 1 nitrogen and oxygen atoms in total. The summed E-state index contributed by atoms with van der Waals surface area (Å²) < 4.78 is 0. The van der Waals surface area contributed by atoms with E-state index in [4.69, 9.17) is 0 Å². The van der Waals surface area contributed by atoms with Crippen LogP contribution in [-0.2, 0) is 0 Å². The van der Waals surface area contributed by atoms with Crippen LogP contribution >= 0.6 is 0 Å². The molecular weight excluding hydrogens is 759 g/mol. The Kier molecular flexibility index (Phi) is 9.97. The Balaban J connectivity index is 1.07. The fourth-order valence-electron chi connectivity index (χ4n) is 9.23. The molecule has 11 rings (SSSR count). The van der Waals surface area contributed by atoms with Crippen LogP contribution in [0.1, 0.15) is 0 Å². The molecule has 0 bridgehead atoms. The second kappa shape index (κ2) is 16.7. The molecule has 1 heteroatoms. The lowest BCUT2D eigenvalue weighted by Gasteiger charge is -2.30. The monoisotopic (exact) mass is 801 g/mol. The molecule has 0 unspecified atom stereocenters. The third kappa shape index (κ3) is 7.26. The molecule has 0 aromatic heterocycles. The van der Waals surface area contributed by atoms with E-state index < -0.39 is 0 Å². The van der Waals surface area contributed by atoms with E-state index >= 15 is 0 Å². The second-order valence-corrected chi connectivity index (χ2v) is 16.0. The average molecular weight is 802 g/mol. The molecule has 0 radical (unpaired) electrons. The topological polar surface area (TPSA) is 3.24 Å². The van der Waals surface area contributed by atoms with Gasteiger partial charge in [-0.1, -0.05) is 231 Å². The van der Waals surface area contributed by atoms with Crippen LogP contribution in [0.3, 0.4) is 0 Å². The molecule has 0 spiro atoms. The zero-order valence-electron chi connectivity index (χ0n) is 34.8. The number of hydrogen-bond donors (Lipinski definition) is 0. The van der Waals surface area contributed by atoms with Gasteiger partial charge < -0.3 is 4.90 Å². The first kappa shape index (κ1) is 37.7. The molecule has 11 aromatic carbocycles. The Morgan fingerprint density at radius 1 is 0.206 bits per heavy atom. The molecule has 0 saturated carbocycles. The first-order chi connectivity index (χ1) is 31.3. The van der Waals surface area contributed by atoms with E-state index in [0.717, 1.165) is 33.8 Å². The smallest absolute Gasteiger partial charge is 0.0540 e. The Labute approximate surface area is 369 Å². The standard InChI is InChI=1S/C62H43N/c1-3-17-44(18-4-1)45-31-33-49(34-32-45)56-24-13-15-29-61(56)63(52-40-37-46(38-41-52)50-39-42-55-51(43-50)36-35-48-21-7-8-22-53(48)55)62-30-16-14-28-60(62)59-27-12-11-26-58(59)57-25-10-9-23-54(57)47-19-5-2-6-20-47/h1-43H. The summed E-state index contributed by atoms with van der Waals surface area (Å²) in [6.45, 7) is 0. The Bertz CT molecular complexity index is 3370. The van der Waals surface area contributed by atoms with Crippen molar-refractivity contribution in [1.29, 1.82) is 0 Å². The van der Waals surface area contributed by atoms with Gasteiger partial charge in [-0.25, -0.2) is 0 Å². The highest BCUT2D eigenvalue weighted by Gasteiger charge is 2.22. The number of fused-ring (bicyclic) bond motifs is 3. The third-order valence-electron chi connectivity index (χ3n) is 12.3. The Morgan fingerprint density at radius 2 is 0.603 bits per heavy atom. The van der Waals surface area contributed by atoms with Crippen LogP contribution < -0.4 is 4.90 Å². The van der Waals surface area contributed by atoms with E-state index in [0.29, 0.717) is 0 Å². The predicted molar refractivity (Wildman–Crippen MR) is 269 cm³/mol. The van der Waals surface area contributed by atoms with Crippen molar-refractivity contribution in [3.63, 3.8) is 0 Å². The van der Waals surface area contributed by atoms with Crippen molar-refractivity contribution in [3.8, 4) is 66.8 Å². The molecule has 0 fully saturated rings. The summed E-state index contributed by atoms with van der Waals surface area (Å²) in [6.07, 6.45) is 0. The van der Waals surface area contributed by atoms with Crippen molar-refractivity contribution < 1.29 is 0 Å². The van der Waals surface area contributed by atoms with Gasteiger partial charge in [-0.3, -0.25) is 0 Å². The molecule has 296 valence electrons. The quantitative estimate of drug-likeness (QED) is 0.131.